The predicted octanol–water partition coefficient (Wildman–Crippen LogP) is 2.55. The van der Waals surface area contributed by atoms with Crippen LogP contribution in [0.3, 0.4) is 0 Å². The molecule has 2 N–H and O–H groups in total. The number of nitrogen functional groups attached to an aromatic ring is 1. The molecule has 19 heavy (non-hydrogen) atoms. The highest BCUT2D eigenvalue weighted by Crippen LogP contribution is 2.22. The fourth-order valence-corrected chi connectivity index (χ4v) is 2.23. The molecule has 3 rings (SSSR count). The molecule has 96 valence electrons. The van der Waals surface area contributed by atoms with E-state index in [9.17, 15) is 0 Å². The van der Waals surface area contributed by atoms with Crippen LogP contribution < -0.4 is 10.6 Å². The monoisotopic (exact) mass is 252 g/mol. The number of hydrogen-bond acceptors (Lipinski definition) is 3. The Morgan fingerprint density at radius 2 is 1.95 bits per heavy atom. The molecular formula is C15H16N4. The normalized spacial score (nSPS) is 10.8. The molecule has 0 fully saturated rings. The Morgan fingerprint density at radius 1 is 1.16 bits per heavy atom. The maximum absolute atomic E-state index is 5.98. The van der Waals surface area contributed by atoms with Crippen molar-refractivity contribution in [1.82, 2.24) is 9.38 Å². The van der Waals surface area contributed by atoms with E-state index >= 15 is 0 Å². The third-order valence-corrected chi connectivity index (χ3v) is 3.16. The van der Waals surface area contributed by atoms with E-state index in [-0.39, 0.29) is 0 Å². The maximum Gasteiger partial charge on any atom is 0.137 e. The van der Waals surface area contributed by atoms with Crippen LogP contribution in [0.15, 0.2) is 54.9 Å². The highest BCUT2D eigenvalue weighted by atomic mass is 15.1. The van der Waals surface area contributed by atoms with Gasteiger partial charge in [0.15, 0.2) is 0 Å². The summed E-state index contributed by atoms with van der Waals surface area (Å²) in [4.78, 5) is 6.70. The third kappa shape index (κ3) is 2.25. The molecule has 4 heteroatoms. The van der Waals surface area contributed by atoms with Crippen LogP contribution in [-0.4, -0.2) is 16.4 Å². The topological polar surface area (TPSA) is 46.6 Å². The van der Waals surface area contributed by atoms with Crippen molar-refractivity contribution in [3.8, 4) is 0 Å². The lowest BCUT2D eigenvalue weighted by molar-refractivity contribution is 0.897. The Morgan fingerprint density at radius 3 is 2.74 bits per heavy atom. The van der Waals surface area contributed by atoms with Gasteiger partial charge < -0.3 is 15.0 Å². The van der Waals surface area contributed by atoms with Crippen molar-refractivity contribution in [2.75, 3.05) is 17.7 Å². The molecule has 3 aromatic rings. The van der Waals surface area contributed by atoms with Crippen LogP contribution in [-0.2, 0) is 6.54 Å². The van der Waals surface area contributed by atoms with E-state index in [0.717, 1.165) is 29.3 Å². The third-order valence-electron chi connectivity index (χ3n) is 3.16. The van der Waals surface area contributed by atoms with Gasteiger partial charge in [0.1, 0.15) is 5.65 Å². The zero-order chi connectivity index (χ0) is 13.2. The van der Waals surface area contributed by atoms with Gasteiger partial charge in [0.05, 0.1) is 23.6 Å². The summed E-state index contributed by atoms with van der Waals surface area (Å²) in [6, 6.07) is 13.9. The summed E-state index contributed by atoms with van der Waals surface area (Å²) in [5.74, 6) is 0. The van der Waals surface area contributed by atoms with E-state index in [0.29, 0.717) is 0 Å². The molecule has 0 aliphatic heterocycles. The Labute approximate surface area is 112 Å². The molecule has 0 saturated carbocycles. The molecule has 0 aliphatic carbocycles. The van der Waals surface area contributed by atoms with E-state index in [1.54, 1.807) is 0 Å². The molecule has 2 aromatic heterocycles. The minimum atomic E-state index is 0.732. The van der Waals surface area contributed by atoms with Gasteiger partial charge in [0, 0.05) is 19.4 Å². The van der Waals surface area contributed by atoms with E-state index < -0.39 is 0 Å². The van der Waals surface area contributed by atoms with Crippen molar-refractivity contribution in [2.24, 2.45) is 0 Å². The number of imidazole rings is 1. The van der Waals surface area contributed by atoms with Crippen LogP contribution in [0.5, 0.6) is 0 Å². The van der Waals surface area contributed by atoms with Crippen LogP contribution in [0.1, 0.15) is 5.69 Å². The molecule has 4 nitrogen and oxygen atoms in total. The quantitative estimate of drug-likeness (QED) is 0.729. The first-order chi connectivity index (χ1) is 9.24. The molecule has 0 bridgehead atoms. The Kier molecular flexibility index (Phi) is 2.83. The summed E-state index contributed by atoms with van der Waals surface area (Å²) in [7, 11) is 2.02. The van der Waals surface area contributed by atoms with Gasteiger partial charge in [-0.2, -0.15) is 0 Å². The highest BCUT2D eigenvalue weighted by Gasteiger charge is 2.07. The second-order valence-electron chi connectivity index (χ2n) is 4.61. The number of aromatic nitrogens is 2. The number of rotatable bonds is 3. The Hall–Kier alpha value is -2.49. The van der Waals surface area contributed by atoms with E-state index in [1.165, 1.54) is 0 Å². The SMILES string of the molecule is CN(Cc1cn2ccccc2n1)c1ccccc1N. The average Bonchev–Trinajstić information content (AvgIpc) is 2.81. The smallest absolute Gasteiger partial charge is 0.137 e. The van der Waals surface area contributed by atoms with Crippen LogP contribution in [0.2, 0.25) is 0 Å². The zero-order valence-electron chi connectivity index (χ0n) is 10.8. The summed E-state index contributed by atoms with van der Waals surface area (Å²) in [6.45, 7) is 0.732. The van der Waals surface area contributed by atoms with Crippen molar-refractivity contribution in [3.63, 3.8) is 0 Å². The van der Waals surface area contributed by atoms with Gasteiger partial charge in [-0.1, -0.05) is 18.2 Å². The largest absolute Gasteiger partial charge is 0.397 e. The molecule has 0 spiro atoms. The number of fused-ring (bicyclic) bond motifs is 1. The summed E-state index contributed by atoms with van der Waals surface area (Å²) in [5, 5.41) is 0. The first kappa shape index (κ1) is 11.6. The highest BCUT2D eigenvalue weighted by molar-refractivity contribution is 5.66. The molecule has 0 atom stereocenters. The fraction of sp³-hybridized carbons (Fsp3) is 0.133. The number of pyridine rings is 1. The number of anilines is 2. The summed E-state index contributed by atoms with van der Waals surface area (Å²) in [6.07, 6.45) is 4.05. The molecule has 0 aliphatic rings. The van der Waals surface area contributed by atoms with Crippen molar-refractivity contribution in [1.29, 1.82) is 0 Å². The number of nitrogens with zero attached hydrogens (tertiary/aromatic N) is 3. The van der Waals surface area contributed by atoms with E-state index in [2.05, 4.69) is 9.88 Å². The minimum absolute atomic E-state index is 0.732. The van der Waals surface area contributed by atoms with Crippen molar-refractivity contribution >= 4 is 17.0 Å². The van der Waals surface area contributed by atoms with Gasteiger partial charge >= 0.3 is 0 Å². The van der Waals surface area contributed by atoms with Gasteiger partial charge in [-0.3, -0.25) is 0 Å². The van der Waals surface area contributed by atoms with E-state index in [1.807, 2.05) is 66.3 Å². The predicted molar refractivity (Wildman–Crippen MR) is 78.2 cm³/mol. The number of nitrogens with two attached hydrogens (primary N) is 1. The first-order valence-electron chi connectivity index (χ1n) is 6.22. The van der Waals surface area contributed by atoms with E-state index in [4.69, 9.17) is 5.73 Å². The lowest BCUT2D eigenvalue weighted by Crippen LogP contribution is -2.17. The standard InChI is InChI=1S/C15H16N4/c1-18(14-7-3-2-6-13(14)16)10-12-11-19-9-5-4-8-15(19)17-12/h2-9,11H,10,16H2,1H3. The summed E-state index contributed by atoms with van der Waals surface area (Å²) in [5.41, 5.74) is 9.79. The number of hydrogen-bond donors (Lipinski definition) is 1. The first-order valence-corrected chi connectivity index (χ1v) is 6.22. The number of para-hydroxylation sites is 2. The Balaban J connectivity index is 1.86. The van der Waals surface area contributed by atoms with Gasteiger partial charge in [0.2, 0.25) is 0 Å². The molecule has 0 unspecified atom stereocenters. The minimum Gasteiger partial charge on any atom is -0.397 e. The summed E-state index contributed by atoms with van der Waals surface area (Å²) >= 11 is 0. The van der Waals surface area contributed by atoms with Crippen LogP contribution in [0, 0.1) is 0 Å². The molecule has 0 saturated heterocycles. The second-order valence-corrected chi connectivity index (χ2v) is 4.61. The summed E-state index contributed by atoms with van der Waals surface area (Å²) < 4.78 is 2.03. The van der Waals surface area contributed by atoms with Crippen molar-refractivity contribution < 1.29 is 0 Å². The zero-order valence-corrected chi connectivity index (χ0v) is 10.8. The fourth-order valence-electron chi connectivity index (χ4n) is 2.23. The lowest BCUT2D eigenvalue weighted by atomic mass is 10.2. The Bertz CT molecular complexity index is 669. The molecule has 2 heterocycles. The lowest BCUT2D eigenvalue weighted by Gasteiger charge is -2.19. The van der Waals surface area contributed by atoms with Crippen molar-refractivity contribution in [2.45, 2.75) is 6.54 Å². The van der Waals surface area contributed by atoms with Crippen LogP contribution in [0.4, 0.5) is 11.4 Å². The molecule has 0 amide bonds. The maximum atomic E-state index is 5.98. The van der Waals surface area contributed by atoms with Crippen LogP contribution >= 0.6 is 0 Å². The number of benzene rings is 1. The van der Waals surface area contributed by atoms with Gasteiger partial charge in [-0.25, -0.2) is 4.98 Å². The van der Waals surface area contributed by atoms with Gasteiger partial charge in [0.25, 0.3) is 0 Å². The van der Waals surface area contributed by atoms with Crippen LogP contribution in [0.25, 0.3) is 5.65 Å². The molecular weight excluding hydrogens is 236 g/mol. The van der Waals surface area contributed by atoms with Gasteiger partial charge in [-0.15, -0.1) is 0 Å². The van der Waals surface area contributed by atoms with Gasteiger partial charge in [-0.05, 0) is 24.3 Å². The average molecular weight is 252 g/mol. The molecule has 0 radical (unpaired) electrons. The van der Waals surface area contributed by atoms with Crippen molar-refractivity contribution in [3.05, 3.63) is 60.6 Å². The molecule has 1 aromatic carbocycles. The second kappa shape index (κ2) is 4.65.